The van der Waals surface area contributed by atoms with Crippen LogP contribution in [0.4, 0.5) is 5.00 Å². The minimum Gasteiger partial charge on any atom is -0.390 e. The average molecular weight is 472 g/mol. The Bertz CT molecular complexity index is 986. The van der Waals surface area contributed by atoms with Gasteiger partial charge in [-0.25, -0.2) is 4.98 Å². The molecule has 0 aromatic carbocycles. The van der Waals surface area contributed by atoms with Crippen molar-refractivity contribution in [3.63, 3.8) is 0 Å². The monoisotopic (exact) mass is 471 g/mol. The number of pyridine rings is 1. The van der Waals surface area contributed by atoms with E-state index in [0.29, 0.717) is 12.3 Å². The number of aromatic nitrogens is 2. The zero-order valence-electron chi connectivity index (χ0n) is 17.8. The van der Waals surface area contributed by atoms with E-state index < -0.39 is 5.60 Å². The number of nitrogens with one attached hydrogen (secondary N) is 2. The highest BCUT2D eigenvalue weighted by Crippen LogP contribution is 2.35. The second kappa shape index (κ2) is 9.83. The lowest BCUT2D eigenvalue weighted by atomic mass is 9.97. The number of fused-ring (bicyclic) bond motifs is 2. The van der Waals surface area contributed by atoms with Gasteiger partial charge in [-0.05, 0) is 32.4 Å². The van der Waals surface area contributed by atoms with Crippen molar-refractivity contribution >= 4 is 53.0 Å². The molecule has 4 rings (SSSR count). The highest BCUT2D eigenvalue weighted by Gasteiger charge is 2.30. The van der Waals surface area contributed by atoms with Crippen LogP contribution in [0, 0.1) is 0 Å². The second-order valence-electron chi connectivity index (χ2n) is 8.58. The van der Waals surface area contributed by atoms with Crippen LogP contribution in [-0.2, 0) is 0 Å². The molecule has 0 bridgehead atoms. The van der Waals surface area contributed by atoms with Gasteiger partial charge in [0.2, 0.25) is 0 Å². The van der Waals surface area contributed by atoms with Crippen LogP contribution >= 0.6 is 36.2 Å². The summed E-state index contributed by atoms with van der Waals surface area (Å²) in [6.07, 6.45) is 4.59. The van der Waals surface area contributed by atoms with Gasteiger partial charge in [-0.2, -0.15) is 0 Å². The number of thiazole rings is 1. The largest absolute Gasteiger partial charge is 0.390 e. The lowest BCUT2D eigenvalue weighted by Crippen LogP contribution is -2.53. The Hall–Kier alpha value is -1.38. The van der Waals surface area contributed by atoms with Crippen molar-refractivity contribution in [1.29, 1.82) is 0 Å². The molecule has 2 aliphatic heterocycles. The summed E-state index contributed by atoms with van der Waals surface area (Å²) in [5.74, 6) is 0.383. The molecule has 166 valence electrons. The van der Waals surface area contributed by atoms with Crippen molar-refractivity contribution in [2.45, 2.75) is 51.7 Å². The fourth-order valence-corrected chi connectivity index (χ4v) is 4.84. The van der Waals surface area contributed by atoms with Gasteiger partial charge in [0.05, 0.1) is 21.7 Å². The summed E-state index contributed by atoms with van der Waals surface area (Å²) in [7, 11) is 0. The van der Waals surface area contributed by atoms with E-state index in [4.69, 9.17) is 9.97 Å². The van der Waals surface area contributed by atoms with E-state index in [1.54, 1.807) is 11.3 Å². The standard InChI is InChI=1S/C21H29N5OS.2ClH/c1-13(2)19-25-17-18(26-9-8-22-15(12-26)10-21(3,4)27)16-14(6-5-7-23-16)11-24-20(17)28-19;;/h5-7,11,13,15,22,24,27H,8-10,12H2,1-4H3;2*1H. The number of anilines is 1. The first-order valence-corrected chi connectivity index (χ1v) is 10.8. The molecule has 1 atom stereocenters. The molecular weight excluding hydrogens is 441 g/mol. The Morgan fingerprint density at radius 2 is 2.10 bits per heavy atom. The van der Waals surface area contributed by atoms with E-state index in [1.807, 2.05) is 32.3 Å². The summed E-state index contributed by atoms with van der Waals surface area (Å²) < 4.78 is 0. The van der Waals surface area contributed by atoms with Crippen LogP contribution < -0.4 is 21.2 Å². The van der Waals surface area contributed by atoms with Gasteiger partial charge < -0.3 is 20.6 Å². The lowest BCUT2D eigenvalue weighted by Gasteiger charge is -2.38. The Labute approximate surface area is 194 Å². The summed E-state index contributed by atoms with van der Waals surface area (Å²) in [6, 6.07) is 4.28. The number of aliphatic hydroxyl groups is 1. The molecule has 0 spiro atoms. The molecule has 9 heteroatoms. The van der Waals surface area contributed by atoms with E-state index in [2.05, 4.69) is 35.4 Å². The van der Waals surface area contributed by atoms with Crippen LogP contribution in [0.2, 0.25) is 0 Å². The van der Waals surface area contributed by atoms with Gasteiger partial charge in [0.25, 0.3) is 0 Å². The molecule has 1 unspecified atom stereocenters. The maximum atomic E-state index is 10.3. The Balaban J connectivity index is 0.00000160. The van der Waals surface area contributed by atoms with E-state index in [-0.39, 0.29) is 30.9 Å². The van der Waals surface area contributed by atoms with Crippen molar-refractivity contribution in [2.75, 3.05) is 25.0 Å². The minimum atomic E-state index is -0.698. The first-order chi connectivity index (χ1) is 13.3. The molecule has 3 N–H and O–H groups in total. The molecule has 6 nitrogen and oxygen atoms in total. The highest BCUT2D eigenvalue weighted by atomic mass is 35.5. The molecule has 2 aliphatic rings. The Morgan fingerprint density at radius 3 is 2.80 bits per heavy atom. The molecule has 0 aliphatic carbocycles. The lowest BCUT2D eigenvalue weighted by molar-refractivity contribution is 0.0517. The van der Waals surface area contributed by atoms with Gasteiger partial charge in [0.15, 0.2) is 0 Å². The molecule has 0 saturated carbocycles. The molecular formula is C21H31Cl2N5OS. The van der Waals surface area contributed by atoms with Gasteiger partial charge in [0.1, 0.15) is 10.7 Å². The van der Waals surface area contributed by atoms with Crippen LogP contribution in [0.1, 0.15) is 50.7 Å². The van der Waals surface area contributed by atoms with Crippen LogP contribution in [0.5, 0.6) is 0 Å². The smallest absolute Gasteiger partial charge is 0.124 e. The second-order valence-corrected chi connectivity index (χ2v) is 9.61. The third-order valence-corrected chi connectivity index (χ3v) is 6.39. The summed E-state index contributed by atoms with van der Waals surface area (Å²) in [5, 5.41) is 21.6. The molecule has 30 heavy (non-hydrogen) atoms. The topological polar surface area (TPSA) is 73.3 Å². The van der Waals surface area contributed by atoms with Crippen molar-refractivity contribution in [3.05, 3.63) is 39.6 Å². The normalized spacial score (nSPS) is 18.3. The molecule has 0 amide bonds. The number of hydrogen-bond acceptors (Lipinski definition) is 7. The van der Waals surface area contributed by atoms with Gasteiger partial charge >= 0.3 is 0 Å². The van der Waals surface area contributed by atoms with E-state index in [1.165, 1.54) is 0 Å². The summed E-state index contributed by atoms with van der Waals surface area (Å²) in [5.41, 5.74) is 1.39. The fourth-order valence-electron chi connectivity index (χ4n) is 3.90. The Kier molecular flexibility index (Phi) is 8.15. The quantitative estimate of drug-likeness (QED) is 0.634. The van der Waals surface area contributed by atoms with Gasteiger partial charge in [0, 0.05) is 49.2 Å². The van der Waals surface area contributed by atoms with E-state index in [9.17, 15) is 5.11 Å². The summed E-state index contributed by atoms with van der Waals surface area (Å²) >= 11 is 1.72. The number of piperazine rings is 1. The molecule has 0 radical (unpaired) electrons. The third-order valence-electron chi connectivity index (χ3n) is 5.10. The number of halogens is 2. The first kappa shape index (κ1) is 24.9. The van der Waals surface area contributed by atoms with Crippen LogP contribution in [-0.4, -0.2) is 51.3 Å². The molecule has 4 heterocycles. The van der Waals surface area contributed by atoms with Gasteiger partial charge in [-0.15, -0.1) is 36.2 Å². The van der Waals surface area contributed by atoms with Crippen LogP contribution in [0.15, 0.2) is 18.3 Å². The first-order valence-electron chi connectivity index (χ1n) is 9.96. The Morgan fingerprint density at radius 1 is 1.33 bits per heavy atom. The average Bonchev–Trinajstić information content (AvgIpc) is 2.98. The van der Waals surface area contributed by atoms with Crippen molar-refractivity contribution < 1.29 is 5.11 Å². The van der Waals surface area contributed by atoms with Gasteiger partial charge in [-0.1, -0.05) is 13.8 Å². The minimum absolute atomic E-state index is 0. The van der Waals surface area contributed by atoms with Crippen molar-refractivity contribution in [3.8, 4) is 0 Å². The zero-order chi connectivity index (χ0) is 19.9. The maximum absolute atomic E-state index is 10.3. The molecule has 1 fully saturated rings. The van der Waals surface area contributed by atoms with Gasteiger partial charge in [-0.3, -0.25) is 4.98 Å². The van der Waals surface area contributed by atoms with Crippen LogP contribution in [0.25, 0.3) is 11.9 Å². The highest BCUT2D eigenvalue weighted by molar-refractivity contribution is 7.16. The zero-order valence-corrected chi connectivity index (χ0v) is 20.3. The van der Waals surface area contributed by atoms with Crippen LogP contribution in [0.3, 0.4) is 0 Å². The predicted octanol–water partition coefficient (Wildman–Crippen LogP) is 2.26. The van der Waals surface area contributed by atoms with Crippen molar-refractivity contribution in [1.82, 2.24) is 20.2 Å². The number of rotatable bonds is 4. The predicted molar refractivity (Wildman–Crippen MR) is 129 cm³/mol. The number of hydrogen-bond donors (Lipinski definition) is 3. The number of nitrogens with zero attached hydrogens (tertiary/aromatic N) is 3. The summed E-state index contributed by atoms with van der Waals surface area (Å²) in [6.45, 7) is 10.7. The maximum Gasteiger partial charge on any atom is 0.124 e. The SMILES string of the molecule is CC(C)c1nc2c(s1)NC=c1cccnc1=C2N1CCNC(CC(C)(C)O)C1.Cl.Cl. The fraction of sp³-hybridized carbons (Fsp3) is 0.524. The van der Waals surface area contributed by atoms with E-state index >= 15 is 0 Å². The third kappa shape index (κ3) is 5.26. The molecule has 1 saturated heterocycles. The molecule has 2 aromatic rings. The van der Waals surface area contributed by atoms with Crippen molar-refractivity contribution in [2.24, 2.45) is 0 Å². The van der Waals surface area contributed by atoms with E-state index in [0.717, 1.165) is 51.6 Å². The summed E-state index contributed by atoms with van der Waals surface area (Å²) in [4.78, 5) is 12.1. The molecule has 2 aromatic heterocycles.